The predicted molar refractivity (Wildman–Crippen MR) is 117 cm³/mol. The summed E-state index contributed by atoms with van der Waals surface area (Å²) in [6.45, 7) is 1.34. The van der Waals surface area contributed by atoms with E-state index < -0.39 is 0 Å². The van der Waals surface area contributed by atoms with Gasteiger partial charge in [-0.3, -0.25) is 9.59 Å². The fourth-order valence-corrected chi connectivity index (χ4v) is 3.78. The van der Waals surface area contributed by atoms with E-state index in [-0.39, 0.29) is 25.0 Å². The zero-order valence-electron chi connectivity index (χ0n) is 15.7. The molecule has 1 aliphatic rings. The fraction of sp³-hybridized carbons (Fsp3) is 0.300. The van der Waals surface area contributed by atoms with E-state index in [0.29, 0.717) is 57.8 Å². The average Bonchev–Trinajstić information content (AvgIpc) is 2.72. The number of benzene rings is 2. The summed E-state index contributed by atoms with van der Waals surface area (Å²) in [5.41, 5.74) is 0. The number of carbonyl (C=O) groups excluding carboxylic acids is 2. The summed E-state index contributed by atoms with van der Waals surface area (Å²) < 4.78 is 11.0. The second-order valence-electron chi connectivity index (χ2n) is 6.49. The summed E-state index contributed by atoms with van der Waals surface area (Å²) in [6, 6.07) is 9.59. The molecule has 3 rings (SSSR count). The quantitative estimate of drug-likeness (QED) is 0.599. The third kappa shape index (κ3) is 6.08. The Morgan fingerprint density at radius 3 is 1.40 bits per heavy atom. The van der Waals surface area contributed by atoms with Crippen LogP contribution >= 0.6 is 46.4 Å². The molecule has 1 aliphatic heterocycles. The summed E-state index contributed by atoms with van der Waals surface area (Å²) in [6.07, 6.45) is 0. The normalized spacial score (nSPS) is 13.9. The van der Waals surface area contributed by atoms with E-state index in [1.54, 1.807) is 46.2 Å². The van der Waals surface area contributed by atoms with Gasteiger partial charge in [0.25, 0.3) is 11.8 Å². The largest absolute Gasteiger partial charge is 0.482 e. The van der Waals surface area contributed by atoms with E-state index in [9.17, 15) is 9.59 Å². The van der Waals surface area contributed by atoms with E-state index in [2.05, 4.69) is 0 Å². The molecule has 1 heterocycles. The van der Waals surface area contributed by atoms with Crippen LogP contribution in [0.3, 0.4) is 0 Å². The van der Waals surface area contributed by atoms with Gasteiger partial charge in [-0.25, -0.2) is 0 Å². The molecule has 0 spiro atoms. The molecule has 0 atom stereocenters. The van der Waals surface area contributed by atoms with Crippen molar-refractivity contribution in [1.82, 2.24) is 9.80 Å². The molecule has 0 saturated carbocycles. The minimum Gasteiger partial charge on any atom is -0.482 e. The molecular formula is C20H18Cl4N2O4. The van der Waals surface area contributed by atoms with Crippen molar-refractivity contribution in [2.24, 2.45) is 0 Å². The molecule has 2 aromatic rings. The highest BCUT2D eigenvalue weighted by Crippen LogP contribution is 2.28. The standard InChI is InChI=1S/C20H18Cl4N2O4/c21-13-1-3-17(15(23)9-13)29-11-19(27)25-5-7-26(8-6-25)20(28)12-30-18-4-2-14(22)10-16(18)24/h1-4,9-10H,5-8,11-12H2. The minimum absolute atomic E-state index is 0.145. The Labute approximate surface area is 194 Å². The lowest BCUT2D eigenvalue weighted by atomic mass is 10.3. The van der Waals surface area contributed by atoms with E-state index in [1.807, 2.05) is 0 Å². The van der Waals surface area contributed by atoms with Crippen LogP contribution in [0.4, 0.5) is 0 Å². The molecule has 0 radical (unpaired) electrons. The SMILES string of the molecule is O=C(COc1ccc(Cl)cc1Cl)N1CCN(C(=O)COc2ccc(Cl)cc2Cl)CC1. The van der Waals surface area contributed by atoms with Crippen molar-refractivity contribution in [3.63, 3.8) is 0 Å². The fourth-order valence-electron chi connectivity index (χ4n) is 2.85. The Hall–Kier alpha value is -1.86. The highest BCUT2D eigenvalue weighted by molar-refractivity contribution is 6.36. The zero-order valence-corrected chi connectivity index (χ0v) is 18.8. The molecule has 0 aliphatic carbocycles. The Kier molecular flexibility index (Phi) is 7.94. The molecule has 0 aromatic heterocycles. The average molecular weight is 492 g/mol. The van der Waals surface area contributed by atoms with Gasteiger partial charge in [0, 0.05) is 36.2 Å². The monoisotopic (exact) mass is 490 g/mol. The van der Waals surface area contributed by atoms with Gasteiger partial charge in [0.1, 0.15) is 11.5 Å². The topological polar surface area (TPSA) is 59.1 Å². The molecule has 0 bridgehead atoms. The third-order valence-electron chi connectivity index (χ3n) is 4.48. The van der Waals surface area contributed by atoms with Crippen molar-refractivity contribution in [3.05, 3.63) is 56.5 Å². The Balaban J connectivity index is 1.43. The van der Waals surface area contributed by atoms with Gasteiger partial charge in [0.15, 0.2) is 13.2 Å². The smallest absolute Gasteiger partial charge is 0.260 e. The van der Waals surface area contributed by atoms with Crippen molar-refractivity contribution in [1.29, 1.82) is 0 Å². The molecule has 30 heavy (non-hydrogen) atoms. The zero-order chi connectivity index (χ0) is 21.7. The number of piperazine rings is 1. The maximum absolute atomic E-state index is 12.4. The van der Waals surface area contributed by atoms with E-state index >= 15 is 0 Å². The summed E-state index contributed by atoms with van der Waals surface area (Å²) in [5, 5.41) is 1.65. The molecule has 10 heteroatoms. The van der Waals surface area contributed by atoms with Crippen LogP contribution in [-0.4, -0.2) is 61.0 Å². The van der Waals surface area contributed by atoms with Crippen LogP contribution in [0.5, 0.6) is 11.5 Å². The number of ether oxygens (including phenoxy) is 2. The van der Waals surface area contributed by atoms with Crippen molar-refractivity contribution < 1.29 is 19.1 Å². The lowest BCUT2D eigenvalue weighted by Crippen LogP contribution is -2.52. The maximum Gasteiger partial charge on any atom is 0.260 e. The van der Waals surface area contributed by atoms with E-state index in [0.717, 1.165) is 0 Å². The summed E-state index contributed by atoms with van der Waals surface area (Å²) in [5.74, 6) is 0.414. The van der Waals surface area contributed by atoms with Gasteiger partial charge in [-0.05, 0) is 36.4 Å². The molecule has 6 nitrogen and oxygen atoms in total. The number of nitrogens with zero attached hydrogens (tertiary/aromatic N) is 2. The molecule has 1 saturated heterocycles. The van der Waals surface area contributed by atoms with Crippen molar-refractivity contribution in [2.45, 2.75) is 0 Å². The molecule has 0 N–H and O–H groups in total. The van der Waals surface area contributed by atoms with Gasteiger partial charge in [-0.1, -0.05) is 46.4 Å². The van der Waals surface area contributed by atoms with Crippen LogP contribution in [-0.2, 0) is 9.59 Å². The number of rotatable bonds is 6. The van der Waals surface area contributed by atoms with Crippen LogP contribution in [0.2, 0.25) is 20.1 Å². The van der Waals surface area contributed by atoms with Crippen LogP contribution in [0.1, 0.15) is 0 Å². The number of amides is 2. The maximum atomic E-state index is 12.4. The second kappa shape index (κ2) is 10.4. The van der Waals surface area contributed by atoms with Gasteiger partial charge in [-0.2, -0.15) is 0 Å². The first-order valence-corrected chi connectivity index (χ1v) is 10.6. The first kappa shape index (κ1) is 22.8. The van der Waals surface area contributed by atoms with Gasteiger partial charge in [0.2, 0.25) is 0 Å². The molecule has 2 aromatic carbocycles. The summed E-state index contributed by atoms with van der Waals surface area (Å²) >= 11 is 23.8. The molecular weight excluding hydrogens is 474 g/mol. The van der Waals surface area contributed by atoms with Crippen molar-refractivity contribution >= 4 is 58.2 Å². The summed E-state index contributed by atoms with van der Waals surface area (Å²) in [7, 11) is 0. The molecule has 160 valence electrons. The number of hydrogen-bond acceptors (Lipinski definition) is 4. The first-order chi connectivity index (χ1) is 14.3. The second-order valence-corrected chi connectivity index (χ2v) is 8.18. The Bertz CT molecular complexity index is 858. The molecule has 2 amide bonds. The Morgan fingerprint density at radius 2 is 1.07 bits per heavy atom. The lowest BCUT2D eigenvalue weighted by molar-refractivity contribution is -0.141. The molecule has 1 fully saturated rings. The highest BCUT2D eigenvalue weighted by atomic mass is 35.5. The highest BCUT2D eigenvalue weighted by Gasteiger charge is 2.25. The van der Waals surface area contributed by atoms with Gasteiger partial charge < -0.3 is 19.3 Å². The number of carbonyl (C=O) groups is 2. The number of halogens is 4. The van der Waals surface area contributed by atoms with Crippen molar-refractivity contribution in [2.75, 3.05) is 39.4 Å². The predicted octanol–water partition coefficient (Wildman–Crippen LogP) is 4.43. The van der Waals surface area contributed by atoms with Crippen LogP contribution in [0, 0.1) is 0 Å². The number of hydrogen-bond donors (Lipinski definition) is 0. The van der Waals surface area contributed by atoms with Gasteiger partial charge in [-0.15, -0.1) is 0 Å². The van der Waals surface area contributed by atoms with Crippen molar-refractivity contribution in [3.8, 4) is 11.5 Å². The van der Waals surface area contributed by atoms with Gasteiger partial charge in [0.05, 0.1) is 10.0 Å². The lowest BCUT2D eigenvalue weighted by Gasteiger charge is -2.34. The Morgan fingerprint density at radius 1 is 0.700 bits per heavy atom. The summed E-state index contributed by atoms with van der Waals surface area (Å²) in [4.78, 5) is 28.0. The first-order valence-electron chi connectivity index (χ1n) is 9.05. The molecule has 0 unspecified atom stereocenters. The van der Waals surface area contributed by atoms with Crippen LogP contribution in [0.15, 0.2) is 36.4 Å². The van der Waals surface area contributed by atoms with E-state index in [4.69, 9.17) is 55.9 Å². The van der Waals surface area contributed by atoms with E-state index in [1.165, 1.54) is 0 Å². The van der Waals surface area contributed by atoms with Crippen LogP contribution < -0.4 is 9.47 Å². The third-order valence-corrected chi connectivity index (χ3v) is 5.54. The van der Waals surface area contributed by atoms with Crippen LogP contribution in [0.25, 0.3) is 0 Å². The van der Waals surface area contributed by atoms with Gasteiger partial charge >= 0.3 is 0 Å². The minimum atomic E-state index is -0.183.